The van der Waals surface area contributed by atoms with Gasteiger partial charge in [-0.25, -0.2) is 4.68 Å². The smallest absolute Gasteiger partial charge is 0.255 e. The molecule has 4 aromatic rings. The number of aromatic hydroxyl groups is 1. The molecule has 0 aliphatic carbocycles. The van der Waals surface area contributed by atoms with Crippen LogP contribution in [-0.4, -0.2) is 40.0 Å². The monoisotopic (exact) mass is 557 g/mol. The molecule has 0 spiro atoms. The Bertz CT molecular complexity index is 1600. The van der Waals surface area contributed by atoms with Gasteiger partial charge >= 0.3 is 0 Å². The van der Waals surface area contributed by atoms with E-state index in [-0.39, 0.29) is 11.7 Å². The average molecular weight is 558 g/mol. The number of aromatic nitrogens is 3. The van der Waals surface area contributed by atoms with Gasteiger partial charge in [-0.2, -0.15) is 4.98 Å². The van der Waals surface area contributed by atoms with Gasteiger partial charge in [0.25, 0.3) is 5.91 Å². The molecule has 9 nitrogen and oxygen atoms in total. The normalized spacial score (nSPS) is 14.4. The van der Waals surface area contributed by atoms with E-state index in [1.54, 1.807) is 54.3 Å². The van der Waals surface area contributed by atoms with Gasteiger partial charge in [0, 0.05) is 17.1 Å². The second kappa shape index (κ2) is 11.4. The molecule has 206 valence electrons. The van der Waals surface area contributed by atoms with E-state index >= 15 is 0 Å². The first-order valence-electron chi connectivity index (χ1n) is 12.7. The van der Waals surface area contributed by atoms with Crippen LogP contribution in [0.5, 0.6) is 17.2 Å². The summed E-state index contributed by atoms with van der Waals surface area (Å²) in [6, 6.07) is 17.9. The molecule has 1 unspecified atom stereocenters. The van der Waals surface area contributed by atoms with Gasteiger partial charge in [0.1, 0.15) is 11.8 Å². The predicted octanol–water partition coefficient (Wildman–Crippen LogP) is 5.84. The van der Waals surface area contributed by atoms with Crippen LogP contribution in [0, 0.1) is 13.8 Å². The SMILES string of the molecule is COc1ccc(NC(=O)C2=C(C)Nc3nc(SCc4ccc(C)cc4C)nn3C2c2ccc(O)c(OC)c2)cc1. The molecule has 0 saturated carbocycles. The molecule has 2 heterocycles. The first-order chi connectivity index (χ1) is 19.3. The van der Waals surface area contributed by atoms with Gasteiger partial charge in [0.15, 0.2) is 11.5 Å². The number of methoxy groups -OCH3 is 2. The number of amides is 1. The summed E-state index contributed by atoms with van der Waals surface area (Å²) in [6.45, 7) is 6.02. The molecule has 5 rings (SSSR count). The van der Waals surface area contributed by atoms with Crippen molar-refractivity contribution in [3.8, 4) is 17.2 Å². The third-order valence-electron chi connectivity index (χ3n) is 6.80. The minimum absolute atomic E-state index is 0.00801. The van der Waals surface area contributed by atoms with Crippen LogP contribution in [0.2, 0.25) is 0 Å². The average Bonchev–Trinajstić information content (AvgIpc) is 3.34. The Morgan fingerprint density at radius 2 is 1.82 bits per heavy atom. The molecule has 1 amide bonds. The summed E-state index contributed by atoms with van der Waals surface area (Å²) in [6.07, 6.45) is 0. The van der Waals surface area contributed by atoms with Crippen LogP contribution >= 0.6 is 11.8 Å². The lowest BCUT2D eigenvalue weighted by Crippen LogP contribution is -2.31. The minimum atomic E-state index is -0.619. The summed E-state index contributed by atoms with van der Waals surface area (Å²) in [7, 11) is 3.08. The highest BCUT2D eigenvalue weighted by Gasteiger charge is 2.35. The fourth-order valence-corrected chi connectivity index (χ4v) is 5.59. The van der Waals surface area contributed by atoms with Gasteiger partial charge in [0.2, 0.25) is 11.1 Å². The maximum absolute atomic E-state index is 13.7. The highest BCUT2D eigenvalue weighted by molar-refractivity contribution is 7.98. The quantitative estimate of drug-likeness (QED) is 0.232. The van der Waals surface area contributed by atoms with Crippen LogP contribution in [0.3, 0.4) is 0 Å². The number of phenolic OH excluding ortho intramolecular Hbond substituents is 1. The largest absolute Gasteiger partial charge is 0.504 e. The zero-order chi connectivity index (χ0) is 28.4. The van der Waals surface area contributed by atoms with Gasteiger partial charge < -0.3 is 25.2 Å². The lowest BCUT2D eigenvalue weighted by atomic mass is 9.94. The molecule has 0 saturated heterocycles. The van der Waals surface area contributed by atoms with Crippen molar-refractivity contribution in [3.63, 3.8) is 0 Å². The van der Waals surface area contributed by atoms with Crippen molar-refractivity contribution in [1.29, 1.82) is 0 Å². The van der Waals surface area contributed by atoms with E-state index in [0.29, 0.717) is 50.9 Å². The van der Waals surface area contributed by atoms with Crippen molar-refractivity contribution in [2.24, 2.45) is 0 Å². The third-order valence-corrected chi connectivity index (χ3v) is 7.69. The molecule has 3 aromatic carbocycles. The number of ether oxygens (including phenoxy) is 2. The van der Waals surface area contributed by atoms with Crippen molar-refractivity contribution in [1.82, 2.24) is 14.8 Å². The van der Waals surface area contributed by atoms with Crippen LogP contribution in [0.4, 0.5) is 11.6 Å². The molecule has 10 heteroatoms. The molecule has 0 radical (unpaired) electrons. The number of carbonyl (C=O) groups is 1. The van der Waals surface area contributed by atoms with E-state index in [9.17, 15) is 9.90 Å². The minimum Gasteiger partial charge on any atom is -0.504 e. The van der Waals surface area contributed by atoms with E-state index < -0.39 is 6.04 Å². The number of nitrogens with zero attached hydrogens (tertiary/aromatic N) is 3. The number of aryl methyl sites for hydroxylation is 2. The van der Waals surface area contributed by atoms with E-state index in [1.807, 2.05) is 6.92 Å². The number of benzene rings is 3. The lowest BCUT2D eigenvalue weighted by molar-refractivity contribution is -0.113. The van der Waals surface area contributed by atoms with Gasteiger partial charge in [-0.15, -0.1) is 5.10 Å². The third kappa shape index (κ3) is 5.48. The molecule has 1 aliphatic heterocycles. The maximum Gasteiger partial charge on any atom is 0.255 e. The first kappa shape index (κ1) is 27.1. The van der Waals surface area contributed by atoms with Gasteiger partial charge in [0.05, 0.1) is 19.8 Å². The zero-order valence-electron chi connectivity index (χ0n) is 23.0. The molecule has 40 heavy (non-hydrogen) atoms. The van der Waals surface area contributed by atoms with Crippen LogP contribution in [0.15, 0.2) is 77.1 Å². The second-order valence-electron chi connectivity index (χ2n) is 9.56. The fraction of sp³-hybridized carbons (Fsp3) is 0.233. The fourth-order valence-electron chi connectivity index (χ4n) is 4.68. The van der Waals surface area contributed by atoms with Gasteiger partial charge in [-0.05, 0) is 73.9 Å². The summed E-state index contributed by atoms with van der Waals surface area (Å²) in [4.78, 5) is 18.5. The number of anilines is 2. The van der Waals surface area contributed by atoms with Crippen molar-refractivity contribution < 1.29 is 19.4 Å². The number of phenols is 1. The Balaban J connectivity index is 1.50. The molecular formula is C30H31N5O4S. The van der Waals surface area contributed by atoms with E-state index in [2.05, 4.69) is 42.7 Å². The van der Waals surface area contributed by atoms with Crippen LogP contribution < -0.4 is 20.1 Å². The molecule has 1 aliphatic rings. The lowest BCUT2D eigenvalue weighted by Gasteiger charge is -2.29. The zero-order valence-corrected chi connectivity index (χ0v) is 23.8. The van der Waals surface area contributed by atoms with E-state index in [0.717, 1.165) is 0 Å². The number of thioether (sulfide) groups is 1. The number of carbonyl (C=O) groups excluding carboxylic acids is 1. The summed E-state index contributed by atoms with van der Waals surface area (Å²) < 4.78 is 12.3. The number of nitrogens with one attached hydrogen (secondary N) is 2. The van der Waals surface area contributed by atoms with Crippen molar-refractivity contribution in [2.45, 2.75) is 37.7 Å². The Morgan fingerprint density at radius 1 is 1.05 bits per heavy atom. The topological polar surface area (TPSA) is 111 Å². The van der Waals surface area contributed by atoms with Crippen molar-refractivity contribution in [3.05, 3.63) is 94.2 Å². The molecule has 1 atom stereocenters. The van der Waals surface area contributed by atoms with Crippen LogP contribution in [-0.2, 0) is 10.5 Å². The highest BCUT2D eigenvalue weighted by atomic mass is 32.2. The Morgan fingerprint density at radius 3 is 2.52 bits per heavy atom. The second-order valence-corrected chi connectivity index (χ2v) is 10.5. The highest BCUT2D eigenvalue weighted by Crippen LogP contribution is 2.40. The molecule has 1 aromatic heterocycles. The summed E-state index contributed by atoms with van der Waals surface area (Å²) in [5.41, 5.74) is 6.11. The molecular weight excluding hydrogens is 526 g/mol. The van der Waals surface area contributed by atoms with E-state index in [1.165, 1.54) is 35.6 Å². The summed E-state index contributed by atoms with van der Waals surface area (Å²) in [5, 5.41) is 21.9. The number of allylic oxidation sites excluding steroid dienone is 1. The molecule has 0 fully saturated rings. The molecule has 0 bridgehead atoms. The van der Waals surface area contributed by atoms with Gasteiger partial charge in [-0.1, -0.05) is 41.6 Å². The maximum atomic E-state index is 13.7. The summed E-state index contributed by atoms with van der Waals surface area (Å²) >= 11 is 1.53. The predicted molar refractivity (Wildman–Crippen MR) is 156 cm³/mol. The molecule has 3 N–H and O–H groups in total. The van der Waals surface area contributed by atoms with Crippen molar-refractivity contribution in [2.75, 3.05) is 24.9 Å². The standard InChI is InChI=1S/C30H31N5O4S/c1-17-6-7-21(18(2)14-17)16-40-30-33-29-31-19(3)26(28(37)32-22-9-11-23(38-4)12-10-22)27(35(29)34-30)20-8-13-24(36)25(15-20)39-5/h6-15,27,36H,16H2,1-5H3,(H,32,37)(H,31,33,34). The summed E-state index contributed by atoms with van der Waals surface area (Å²) in [5.74, 6) is 1.95. The Kier molecular flexibility index (Phi) is 7.70. The number of hydrogen-bond acceptors (Lipinski definition) is 8. The first-order valence-corrected chi connectivity index (χ1v) is 13.7. The van der Waals surface area contributed by atoms with E-state index in [4.69, 9.17) is 19.6 Å². The van der Waals surface area contributed by atoms with Crippen molar-refractivity contribution >= 4 is 29.3 Å². The van der Waals surface area contributed by atoms with Gasteiger partial charge in [-0.3, -0.25) is 4.79 Å². The Hall–Kier alpha value is -4.44. The number of fused-ring (bicyclic) bond motifs is 1. The Labute approximate surface area is 237 Å². The van der Waals surface area contributed by atoms with Crippen LogP contribution in [0.1, 0.15) is 35.2 Å². The number of hydrogen-bond donors (Lipinski definition) is 3. The van der Waals surface area contributed by atoms with Crippen LogP contribution in [0.25, 0.3) is 0 Å². The number of rotatable bonds is 8.